The number of benzene rings is 2. The Labute approximate surface area is 181 Å². The second-order valence-corrected chi connectivity index (χ2v) is 6.68. The Morgan fingerprint density at radius 2 is 1.84 bits per heavy atom. The SMILES string of the molecule is COc1cc(C=Nn2c(C)nnc2C)ccc1OCC(=O)Nc1cccc(C(F)(F)F)c1. The van der Waals surface area contributed by atoms with Crippen molar-refractivity contribution in [3.8, 4) is 11.5 Å². The van der Waals surface area contributed by atoms with E-state index in [0.29, 0.717) is 28.7 Å². The molecule has 11 heteroatoms. The van der Waals surface area contributed by atoms with E-state index in [0.717, 1.165) is 12.1 Å². The summed E-state index contributed by atoms with van der Waals surface area (Å²) in [6, 6.07) is 9.33. The molecular formula is C21H20F3N5O3. The Morgan fingerprint density at radius 1 is 1.12 bits per heavy atom. The number of aryl methyl sites for hydroxylation is 2. The van der Waals surface area contributed by atoms with E-state index < -0.39 is 24.3 Å². The topological polar surface area (TPSA) is 90.6 Å². The van der Waals surface area contributed by atoms with E-state index in [1.54, 1.807) is 42.9 Å². The van der Waals surface area contributed by atoms with Gasteiger partial charge in [0.15, 0.2) is 29.8 Å². The minimum atomic E-state index is -4.50. The number of anilines is 1. The normalized spacial score (nSPS) is 11.6. The Kier molecular flexibility index (Phi) is 6.76. The lowest BCUT2D eigenvalue weighted by Crippen LogP contribution is -2.20. The zero-order valence-corrected chi connectivity index (χ0v) is 17.5. The van der Waals surface area contributed by atoms with E-state index in [2.05, 4.69) is 20.6 Å². The predicted molar refractivity (Wildman–Crippen MR) is 111 cm³/mol. The van der Waals surface area contributed by atoms with Crippen LogP contribution in [0.2, 0.25) is 0 Å². The predicted octanol–water partition coefficient (Wildman–Crippen LogP) is 3.82. The van der Waals surface area contributed by atoms with Crippen LogP contribution in [-0.2, 0) is 11.0 Å². The van der Waals surface area contributed by atoms with Crippen molar-refractivity contribution < 1.29 is 27.4 Å². The Hall–Kier alpha value is -3.89. The first-order valence-corrected chi connectivity index (χ1v) is 9.38. The average Bonchev–Trinajstić information content (AvgIpc) is 3.08. The van der Waals surface area contributed by atoms with Gasteiger partial charge in [0.05, 0.1) is 18.9 Å². The fourth-order valence-corrected chi connectivity index (χ4v) is 2.75. The molecule has 0 aliphatic carbocycles. The fraction of sp³-hybridized carbons (Fsp3) is 0.238. The number of rotatable bonds is 7. The number of halogens is 3. The van der Waals surface area contributed by atoms with E-state index in [1.165, 1.54) is 19.2 Å². The number of carbonyl (C=O) groups is 1. The maximum absolute atomic E-state index is 12.8. The van der Waals surface area contributed by atoms with E-state index in [9.17, 15) is 18.0 Å². The number of nitrogens with zero attached hydrogens (tertiary/aromatic N) is 4. The molecule has 1 amide bonds. The molecular weight excluding hydrogens is 427 g/mol. The zero-order chi connectivity index (χ0) is 23.3. The van der Waals surface area contributed by atoms with Gasteiger partial charge >= 0.3 is 6.18 Å². The smallest absolute Gasteiger partial charge is 0.416 e. The molecule has 0 aliphatic heterocycles. The van der Waals surface area contributed by atoms with Gasteiger partial charge in [0.25, 0.3) is 5.91 Å². The van der Waals surface area contributed by atoms with Gasteiger partial charge in [0.2, 0.25) is 0 Å². The molecule has 0 bridgehead atoms. The van der Waals surface area contributed by atoms with Crippen LogP contribution in [0.3, 0.4) is 0 Å². The van der Waals surface area contributed by atoms with Crippen molar-refractivity contribution in [2.75, 3.05) is 19.0 Å². The van der Waals surface area contributed by atoms with E-state index in [4.69, 9.17) is 9.47 Å². The summed E-state index contributed by atoms with van der Waals surface area (Å²) in [5.41, 5.74) is -0.131. The molecule has 1 aromatic heterocycles. The maximum Gasteiger partial charge on any atom is 0.416 e. The quantitative estimate of drug-likeness (QED) is 0.556. The lowest BCUT2D eigenvalue weighted by atomic mass is 10.2. The molecule has 0 radical (unpaired) electrons. The monoisotopic (exact) mass is 447 g/mol. The molecule has 1 N–H and O–H groups in total. The minimum absolute atomic E-state index is 0.0199. The van der Waals surface area contributed by atoms with Crippen molar-refractivity contribution in [1.29, 1.82) is 0 Å². The number of alkyl halides is 3. The summed E-state index contributed by atoms with van der Waals surface area (Å²) >= 11 is 0. The summed E-state index contributed by atoms with van der Waals surface area (Å²) in [6.07, 6.45) is -2.91. The lowest BCUT2D eigenvalue weighted by Gasteiger charge is -2.12. The van der Waals surface area contributed by atoms with Gasteiger partial charge < -0.3 is 14.8 Å². The van der Waals surface area contributed by atoms with E-state index >= 15 is 0 Å². The Balaban J connectivity index is 1.64. The van der Waals surface area contributed by atoms with Crippen LogP contribution in [0.1, 0.15) is 22.8 Å². The second-order valence-electron chi connectivity index (χ2n) is 6.68. The van der Waals surface area contributed by atoms with Crippen LogP contribution in [-0.4, -0.2) is 40.7 Å². The number of amides is 1. The van der Waals surface area contributed by atoms with Crippen molar-refractivity contribution in [3.63, 3.8) is 0 Å². The van der Waals surface area contributed by atoms with Gasteiger partial charge in [0.1, 0.15) is 0 Å². The molecule has 0 saturated carbocycles. The summed E-state index contributed by atoms with van der Waals surface area (Å²) < 4.78 is 50.7. The summed E-state index contributed by atoms with van der Waals surface area (Å²) in [6.45, 7) is 3.14. The molecule has 0 fully saturated rings. The number of hydrogen-bond acceptors (Lipinski definition) is 6. The molecule has 0 spiro atoms. The third-order valence-corrected chi connectivity index (χ3v) is 4.29. The van der Waals surface area contributed by atoms with Gasteiger partial charge in [-0.25, -0.2) is 4.68 Å². The first-order valence-electron chi connectivity index (χ1n) is 9.38. The highest BCUT2D eigenvalue weighted by molar-refractivity contribution is 5.92. The van der Waals surface area contributed by atoms with Crippen molar-refractivity contribution in [2.24, 2.45) is 5.10 Å². The van der Waals surface area contributed by atoms with Gasteiger partial charge in [-0.15, -0.1) is 10.2 Å². The van der Waals surface area contributed by atoms with Crippen molar-refractivity contribution in [2.45, 2.75) is 20.0 Å². The third kappa shape index (κ3) is 5.62. The summed E-state index contributed by atoms with van der Waals surface area (Å²) in [7, 11) is 1.44. The van der Waals surface area contributed by atoms with Crippen LogP contribution >= 0.6 is 0 Å². The second kappa shape index (κ2) is 9.50. The first kappa shape index (κ1) is 22.8. The van der Waals surface area contributed by atoms with Gasteiger partial charge in [-0.2, -0.15) is 18.3 Å². The maximum atomic E-state index is 12.8. The molecule has 1 heterocycles. The standard InChI is InChI=1S/C21H20F3N5O3/c1-13-27-28-14(2)29(13)25-11-15-7-8-18(19(9-15)31-3)32-12-20(30)26-17-6-4-5-16(10-17)21(22,23)24/h4-11H,12H2,1-3H3,(H,26,30). The van der Waals surface area contributed by atoms with Gasteiger partial charge in [-0.05, 0) is 55.8 Å². The van der Waals surface area contributed by atoms with Crippen LogP contribution in [0.5, 0.6) is 11.5 Å². The highest BCUT2D eigenvalue weighted by atomic mass is 19.4. The van der Waals surface area contributed by atoms with Crippen molar-refractivity contribution >= 4 is 17.8 Å². The zero-order valence-electron chi connectivity index (χ0n) is 17.5. The van der Waals surface area contributed by atoms with Gasteiger partial charge in [-0.1, -0.05) is 6.07 Å². The van der Waals surface area contributed by atoms with Crippen LogP contribution in [0.25, 0.3) is 0 Å². The molecule has 3 rings (SSSR count). The molecule has 0 unspecified atom stereocenters. The van der Waals surface area contributed by atoms with Crippen molar-refractivity contribution in [1.82, 2.24) is 14.9 Å². The summed E-state index contributed by atoms with van der Waals surface area (Å²) in [5, 5.41) is 14.5. The molecule has 3 aromatic rings. The number of methoxy groups -OCH3 is 1. The molecule has 8 nitrogen and oxygen atoms in total. The molecule has 0 aliphatic rings. The largest absolute Gasteiger partial charge is 0.493 e. The number of hydrogen-bond donors (Lipinski definition) is 1. The Morgan fingerprint density at radius 3 is 2.50 bits per heavy atom. The lowest BCUT2D eigenvalue weighted by molar-refractivity contribution is -0.137. The molecule has 32 heavy (non-hydrogen) atoms. The minimum Gasteiger partial charge on any atom is -0.493 e. The van der Waals surface area contributed by atoms with Crippen LogP contribution < -0.4 is 14.8 Å². The van der Waals surface area contributed by atoms with E-state index in [1.807, 2.05) is 0 Å². The van der Waals surface area contributed by atoms with Crippen LogP contribution in [0, 0.1) is 13.8 Å². The number of nitrogens with one attached hydrogen (secondary N) is 1. The summed E-state index contributed by atoms with van der Waals surface area (Å²) in [4.78, 5) is 12.1. The molecule has 168 valence electrons. The van der Waals surface area contributed by atoms with Gasteiger partial charge in [-0.3, -0.25) is 4.79 Å². The molecule has 0 saturated heterocycles. The van der Waals surface area contributed by atoms with Crippen molar-refractivity contribution in [3.05, 3.63) is 65.2 Å². The summed E-state index contributed by atoms with van der Waals surface area (Å²) in [5.74, 6) is 1.31. The first-order chi connectivity index (χ1) is 15.2. The van der Waals surface area contributed by atoms with Crippen LogP contribution in [0.15, 0.2) is 47.6 Å². The molecule has 2 aromatic carbocycles. The highest BCUT2D eigenvalue weighted by Gasteiger charge is 2.30. The van der Waals surface area contributed by atoms with E-state index in [-0.39, 0.29) is 5.69 Å². The Bertz CT molecular complexity index is 1120. The number of carbonyl (C=O) groups excluding carboxylic acids is 1. The average molecular weight is 447 g/mol. The van der Waals surface area contributed by atoms with Crippen LogP contribution in [0.4, 0.5) is 18.9 Å². The fourth-order valence-electron chi connectivity index (χ4n) is 2.75. The number of aromatic nitrogens is 3. The highest BCUT2D eigenvalue weighted by Crippen LogP contribution is 2.31. The van der Waals surface area contributed by atoms with Gasteiger partial charge in [0, 0.05) is 5.69 Å². The third-order valence-electron chi connectivity index (χ3n) is 4.29. The number of ether oxygens (including phenoxy) is 2. The molecule has 0 atom stereocenters.